The van der Waals surface area contributed by atoms with Gasteiger partial charge in [-0.3, -0.25) is 9.59 Å². The molecule has 0 amide bonds. The monoisotopic (exact) mass is 255 g/mol. The Kier molecular flexibility index (Phi) is 2.52. The van der Waals surface area contributed by atoms with E-state index in [-0.39, 0.29) is 5.78 Å². The summed E-state index contributed by atoms with van der Waals surface area (Å²) in [6.07, 6.45) is 4.62. The number of nitrogens with one attached hydrogen (secondary N) is 1. The van der Waals surface area contributed by atoms with Gasteiger partial charge in [0, 0.05) is 23.5 Å². The van der Waals surface area contributed by atoms with Crippen molar-refractivity contribution in [3.8, 4) is 0 Å². The predicted octanol–water partition coefficient (Wildman–Crippen LogP) is 2.36. The highest BCUT2D eigenvalue weighted by Gasteiger charge is 2.51. The van der Waals surface area contributed by atoms with Crippen molar-refractivity contribution in [1.29, 1.82) is 0 Å². The SMILES string of the molecule is O=C(c1cc[nH]c1)c1cccc(C2(C(=O)O)CC2)c1. The number of aromatic amines is 1. The summed E-state index contributed by atoms with van der Waals surface area (Å²) in [5.74, 6) is -0.900. The molecule has 1 heterocycles. The fraction of sp³-hybridized carbons (Fsp3) is 0.200. The van der Waals surface area contributed by atoms with E-state index in [4.69, 9.17) is 0 Å². The molecule has 2 N–H and O–H groups in total. The molecule has 1 fully saturated rings. The number of aliphatic carboxylic acids is 1. The van der Waals surface area contributed by atoms with E-state index in [9.17, 15) is 14.7 Å². The molecule has 4 nitrogen and oxygen atoms in total. The van der Waals surface area contributed by atoms with Gasteiger partial charge in [-0.15, -0.1) is 0 Å². The molecule has 0 spiro atoms. The molecule has 1 aliphatic rings. The highest BCUT2D eigenvalue weighted by atomic mass is 16.4. The van der Waals surface area contributed by atoms with Gasteiger partial charge < -0.3 is 10.1 Å². The molecule has 1 aliphatic carbocycles. The Balaban J connectivity index is 1.97. The van der Waals surface area contributed by atoms with Crippen molar-refractivity contribution in [2.45, 2.75) is 18.3 Å². The second kappa shape index (κ2) is 4.09. The molecule has 3 rings (SSSR count). The van der Waals surface area contributed by atoms with Crippen molar-refractivity contribution in [1.82, 2.24) is 4.98 Å². The van der Waals surface area contributed by atoms with Crippen LogP contribution in [0, 0.1) is 0 Å². The summed E-state index contributed by atoms with van der Waals surface area (Å²) in [5, 5.41) is 9.28. The van der Waals surface area contributed by atoms with Gasteiger partial charge in [-0.2, -0.15) is 0 Å². The van der Waals surface area contributed by atoms with Crippen LogP contribution in [-0.4, -0.2) is 21.8 Å². The number of H-pyrrole nitrogens is 1. The topological polar surface area (TPSA) is 70.2 Å². The quantitative estimate of drug-likeness (QED) is 0.824. The molecule has 1 aromatic carbocycles. The summed E-state index contributed by atoms with van der Waals surface area (Å²) >= 11 is 0. The summed E-state index contributed by atoms with van der Waals surface area (Å²) in [7, 11) is 0. The lowest BCUT2D eigenvalue weighted by Crippen LogP contribution is -2.19. The first kappa shape index (κ1) is 11.7. The standard InChI is InChI=1S/C15H13NO3/c17-13(11-4-7-16-9-11)10-2-1-3-12(8-10)15(5-6-15)14(18)19/h1-4,7-9,16H,5-6H2,(H,18,19). The molecule has 1 aromatic heterocycles. The Morgan fingerprint density at radius 3 is 2.53 bits per heavy atom. The lowest BCUT2D eigenvalue weighted by atomic mass is 9.93. The van der Waals surface area contributed by atoms with E-state index in [1.165, 1.54) is 0 Å². The largest absolute Gasteiger partial charge is 0.481 e. The van der Waals surface area contributed by atoms with Crippen molar-refractivity contribution in [3.63, 3.8) is 0 Å². The van der Waals surface area contributed by atoms with E-state index >= 15 is 0 Å². The third kappa shape index (κ3) is 1.85. The first-order chi connectivity index (χ1) is 9.13. The minimum Gasteiger partial charge on any atom is -0.481 e. The maximum atomic E-state index is 12.2. The van der Waals surface area contributed by atoms with E-state index in [1.54, 1.807) is 42.7 Å². The summed E-state index contributed by atoms with van der Waals surface area (Å²) < 4.78 is 0. The van der Waals surface area contributed by atoms with Crippen LogP contribution in [0.2, 0.25) is 0 Å². The number of carboxylic acid groups (broad SMARTS) is 1. The number of carbonyl (C=O) groups is 2. The maximum Gasteiger partial charge on any atom is 0.314 e. The Morgan fingerprint density at radius 1 is 1.16 bits per heavy atom. The molecular formula is C15H13NO3. The normalized spacial score (nSPS) is 16.0. The minimum absolute atomic E-state index is 0.0933. The van der Waals surface area contributed by atoms with Crippen molar-refractivity contribution >= 4 is 11.8 Å². The van der Waals surface area contributed by atoms with Gasteiger partial charge in [0.2, 0.25) is 0 Å². The van der Waals surface area contributed by atoms with Crippen LogP contribution in [0.15, 0.2) is 42.7 Å². The van der Waals surface area contributed by atoms with Gasteiger partial charge in [-0.1, -0.05) is 18.2 Å². The molecular weight excluding hydrogens is 242 g/mol. The molecule has 1 saturated carbocycles. The average molecular weight is 255 g/mol. The van der Waals surface area contributed by atoms with Crippen molar-refractivity contribution in [2.24, 2.45) is 0 Å². The fourth-order valence-electron chi connectivity index (χ4n) is 2.34. The van der Waals surface area contributed by atoms with Crippen molar-refractivity contribution < 1.29 is 14.7 Å². The maximum absolute atomic E-state index is 12.2. The Hall–Kier alpha value is -2.36. The number of aromatic nitrogens is 1. The molecule has 2 aromatic rings. The van der Waals surface area contributed by atoms with E-state index in [0.29, 0.717) is 24.0 Å². The van der Waals surface area contributed by atoms with E-state index in [1.807, 2.05) is 0 Å². The molecule has 0 saturated heterocycles. The third-order valence-electron chi connectivity index (χ3n) is 3.70. The summed E-state index contributed by atoms with van der Waals surface area (Å²) in [5.41, 5.74) is 1.07. The lowest BCUT2D eigenvalue weighted by molar-refractivity contribution is -0.140. The first-order valence-corrected chi connectivity index (χ1v) is 6.15. The van der Waals surface area contributed by atoms with Gasteiger partial charge in [0.05, 0.1) is 5.41 Å². The lowest BCUT2D eigenvalue weighted by Gasteiger charge is -2.11. The zero-order valence-corrected chi connectivity index (χ0v) is 10.2. The van der Waals surface area contributed by atoms with Gasteiger partial charge in [-0.05, 0) is 30.5 Å². The molecule has 19 heavy (non-hydrogen) atoms. The van der Waals surface area contributed by atoms with E-state index in [2.05, 4.69) is 4.98 Å². The van der Waals surface area contributed by atoms with Crippen LogP contribution in [0.5, 0.6) is 0 Å². The van der Waals surface area contributed by atoms with Crippen LogP contribution in [0.25, 0.3) is 0 Å². The Morgan fingerprint density at radius 2 is 1.95 bits per heavy atom. The molecule has 0 unspecified atom stereocenters. The number of hydrogen-bond acceptors (Lipinski definition) is 2. The summed E-state index contributed by atoms with van der Waals surface area (Å²) in [6, 6.07) is 8.67. The number of benzene rings is 1. The Bertz CT molecular complexity index is 639. The number of rotatable bonds is 4. The average Bonchev–Trinajstić information content (AvgIpc) is 3.07. The summed E-state index contributed by atoms with van der Waals surface area (Å²) in [6.45, 7) is 0. The van der Waals surface area contributed by atoms with Crippen molar-refractivity contribution in [3.05, 3.63) is 59.4 Å². The number of hydrogen-bond donors (Lipinski definition) is 2. The number of ketones is 1. The van der Waals surface area contributed by atoms with Crippen LogP contribution in [0.3, 0.4) is 0 Å². The van der Waals surface area contributed by atoms with Crippen LogP contribution in [-0.2, 0) is 10.2 Å². The highest BCUT2D eigenvalue weighted by molar-refractivity contribution is 6.09. The van der Waals surface area contributed by atoms with Crippen molar-refractivity contribution in [2.75, 3.05) is 0 Å². The smallest absolute Gasteiger partial charge is 0.314 e. The van der Waals surface area contributed by atoms with Gasteiger partial charge in [0.1, 0.15) is 0 Å². The molecule has 0 atom stereocenters. The summed E-state index contributed by atoms with van der Waals surface area (Å²) in [4.78, 5) is 26.4. The van der Waals surface area contributed by atoms with Gasteiger partial charge in [0.15, 0.2) is 5.78 Å². The molecule has 4 heteroatoms. The van der Waals surface area contributed by atoms with Gasteiger partial charge in [-0.25, -0.2) is 0 Å². The first-order valence-electron chi connectivity index (χ1n) is 6.15. The second-order valence-corrected chi connectivity index (χ2v) is 4.90. The molecule has 0 radical (unpaired) electrons. The van der Waals surface area contributed by atoms with E-state index in [0.717, 1.165) is 5.56 Å². The van der Waals surface area contributed by atoms with Crippen LogP contribution < -0.4 is 0 Å². The second-order valence-electron chi connectivity index (χ2n) is 4.90. The zero-order chi connectivity index (χ0) is 13.5. The predicted molar refractivity (Wildman–Crippen MR) is 69.2 cm³/mol. The zero-order valence-electron chi connectivity index (χ0n) is 10.2. The van der Waals surface area contributed by atoms with Crippen LogP contribution in [0.1, 0.15) is 34.3 Å². The Labute approximate surface area is 110 Å². The van der Waals surface area contributed by atoms with Gasteiger partial charge in [0.25, 0.3) is 0 Å². The third-order valence-corrected chi connectivity index (χ3v) is 3.70. The molecule has 0 bridgehead atoms. The number of carboxylic acids is 1. The van der Waals surface area contributed by atoms with Crippen LogP contribution >= 0.6 is 0 Å². The highest BCUT2D eigenvalue weighted by Crippen LogP contribution is 2.48. The molecule has 96 valence electrons. The fourth-order valence-corrected chi connectivity index (χ4v) is 2.34. The molecule has 0 aliphatic heterocycles. The minimum atomic E-state index is -0.807. The van der Waals surface area contributed by atoms with Gasteiger partial charge >= 0.3 is 5.97 Å². The van der Waals surface area contributed by atoms with Crippen LogP contribution in [0.4, 0.5) is 0 Å². The van der Waals surface area contributed by atoms with E-state index < -0.39 is 11.4 Å². The number of carbonyl (C=O) groups excluding carboxylic acids is 1.